The third kappa shape index (κ3) is 2.61. The summed E-state index contributed by atoms with van der Waals surface area (Å²) in [4.78, 5) is -0.191. The predicted octanol–water partition coefficient (Wildman–Crippen LogP) is 1.17. The van der Waals surface area contributed by atoms with Crippen molar-refractivity contribution in [1.82, 2.24) is 4.31 Å². The molecule has 8 heteroatoms. The van der Waals surface area contributed by atoms with Crippen LogP contribution in [0.15, 0.2) is 28.0 Å². The Morgan fingerprint density at radius 2 is 1.94 bits per heavy atom. The summed E-state index contributed by atoms with van der Waals surface area (Å²) in [7, 11) is -0.871. The number of benzene rings is 1. The van der Waals surface area contributed by atoms with Gasteiger partial charge in [-0.2, -0.15) is 0 Å². The highest BCUT2D eigenvalue weighted by molar-refractivity contribution is 7.89. The Balaban J connectivity index is 3.40. The molecular formula is C8H10ClNO4S2. The lowest BCUT2D eigenvalue weighted by molar-refractivity contribution is 0.520. The highest BCUT2D eigenvalue weighted by atomic mass is 35.5. The molecule has 0 bridgehead atoms. The van der Waals surface area contributed by atoms with Gasteiger partial charge in [0.1, 0.15) is 0 Å². The number of halogens is 1. The molecule has 0 saturated carbocycles. The molecule has 1 aromatic rings. The van der Waals surface area contributed by atoms with E-state index >= 15 is 0 Å². The van der Waals surface area contributed by atoms with Crippen LogP contribution >= 0.6 is 11.6 Å². The summed E-state index contributed by atoms with van der Waals surface area (Å²) in [6.45, 7) is 0. The second-order valence-electron chi connectivity index (χ2n) is 3.13. The number of hydrogen-bond donors (Lipinski definition) is 1. The van der Waals surface area contributed by atoms with Crippen molar-refractivity contribution in [3.05, 3.63) is 23.2 Å². The smallest absolute Gasteiger partial charge is 0.242 e. The van der Waals surface area contributed by atoms with E-state index in [4.69, 9.17) is 16.2 Å². The van der Waals surface area contributed by atoms with Crippen LogP contribution in [0.2, 0.25) is 5.02 Å². The van der Waals surface area contributed by atoms with E-state index in [0.717, 1.165) is 10.4 Å². The van der Waals surface area contributed by atoms with Crippen molar-refractivity contribution in [2.24, 2.45) is 0 Å². The molecule has 1 unspecified atom stereocenters. The first-order chi connectivity index (χ1) is 7.26. The van der Waals surface area contributed by atoms with E-state index in [1.165, 1.54) is 26.2 Å². The molecule has 0 spiro atoms. The van der Waals surface area contributed by atoms with Crippen molar-refractivity contribution in [3.8, 4) is 0 Å². The van der Waals surface area contributed by atoms with Gasteiger partial charge in [-0.05, 0) is 18.2 Å². The Hall–Kier alpha value is -0.470. The molecular weight excluding hydrogens is 274 g/mol. The maximum Gasteiger partial charge on any atom is 0.242 e. The Labute approximate surface area is 101 Å². The Kier molecular flexibility index (Phi) is 4.08. The van der Waals surface area contributed by atoms with Crippen LogP contribution in [0.3, 0.4) is 0 Å². The fraction of sp³-hybridized carbons (Fsp3) is 0.250. The second-order valence-corrected chi connectivity index (χ2v) is 6.63. The first kappa shape index (κ1) is 13.6. The molecule has 1 atom stereocenters. The summed E-state index contributed by atoms with van der Waals surface area (Å²) >= 11 is 3.35. The van der Waals surface area contributed by atoms with E-state index < -0.39 is 21.1 Å². The minimum absolute atomic E-state index is 0.0542. The van der Waals surface area contributed by atoms with Gasteiger partial charge in [0.05, 0.1) is 14.8 Å². The predicted molar refractivity (Wildman–Crippen MR) is 61.4 cm³/mol. The summed E-state index contributed by atoms with van der Waals surface area (Å²) in [5, 5.41) is 0.0542. The maximum absolute atomic E-state index is 11.7. The highest BCUT2D eigenvalue weighted by Crippen LogP contribution is 2.23. The molecule has 90 valence electrons. The lowest BCUT2D eigenvalue weighted by Gasteiger charge is -2.12. The normalized spacial score (nSPS) is 14.1. The van der Waals surface area contributed by atoms with Crippen molar-refractivity contribution >= 4 is 32.7 Å². The largest absolute Gasteiger partial charge is 0.302 e. The zero-order valence-corrected chi connectivity index (χ0v) is 10.9. The van der Waals surface area contributed by atoms with Crippen LogP contribution in [0.5, 0.6) is 0 Å². The Morgan fingerprint density at radius 1 is 1.38 bits per heavy atom. The van der Waals surface area contributed by atoms with E-state index in [9.17, 15) is 12.6 Å². The first-order valence-electron chi connectivity index (χ1n) is 4.09. The van der Waals surface area contributed by atoms with Crippen LogP contribution in [0.25, 0.3) is 0 Å². The van der Waals surface area contributed by atoms with Gasteiger partial charge in [0.25, 0.3) is 0 Å². The van der Waals surface area contributed by atoms with Gasteiger partial charge < -0.3 is 4.55 Å². The molecule has 0 fully saturated rings. The summed E-state index contributed by atoms with van der Waals surface area (Å²) in [6, 6.07) is 3.66. The van der Waals surface area contributed by atoms with E-state index in [0.29, 0.717) is 0 Å². The van der Waals surface area contributed by atoms with Gasteiger partial charge in [-0.1, -0.05) is 11.6 Å². The lowest BCUT2D eigenvalue weighted by Crippen LogP contribution is -2.22. The molecule has 0 aromatic heterocycles. The van der Waals surface area contributed by atoms with Crippen LogP contribution in [-0.4, -0.2) is 35.6 Å². The van der Waals surface area contributed by atoms with Crippen LogP contribution in [0.4, 0.5) is 0 Å². The van der Waals surface area contributed by atoms with Crippen molar-refractivity contribution in [2.45, 2.75) is 9.79 Å². The number of rotatable bonds is 3. The van der Waals surface area contributed by atoms with Crippen molar-refractivity contribution in [2.75, 3.05) is 14.1 Å². The third-order valence-electron chi connectivity index (χ3n) is 1.87. The fourth-order valence-electron chi connectivity index (χ4n) is 0.989. The summed E-state index contributed by atoms with van der Waals surface area (Å²) < 4.78 is 44.3. The molecule has 0 saturated heterocycles. The van der Waals surface area contributed by atoms with E-state index in [-0.39, 0.29) is 14.8 Å². The minimum atomic E-state index is -3.62. The molecule has 0 aliphatic heterocycles. The molecule has 0 aliphatic rings. The molecule has 0 amide bonds. The number of nitrogens with zero attached hydrogens (tertiary/aromatic N) is 1. The third-order valence-corrected chi connectivity index (χ3v) is 4.84. The molecule has 1 N–H and O–H groups in total. The fourth-order valence-corrected chi connectivity index (χ4v) is 2.77. The average Bonchev–Trinajstić information content (AvgIpc) is 2.17. The Morgan fingerprint density at radius 3 is 2.38 bits per heavy atom. The van der Waals surface area contributed by atoms with Crippen LogP contribution in [0, 0.1) is 0 Å². The van der Waals surface area contributed by atoms with Crippen LogP contribution in [0.1, 0.15) is 0 Å². The van der Waals surface area contributed by atoms with Gasteiger partial charge >= 0.3 is 0 Å². The number of hydrogen-bond acceptors (Lipinski definition) is 3. The maximum atomic E-state index is 11.7. The molecule has 0 radical (unpaired) electrons. The van der Waals surface area contributed by atoms with Gasteiger partial charge in [0.15, 0.2) is 11.1 Å². The number of sulfonamides is 1. The molecule has 1 rings (SSSR count). The second kappa shape index (κ2) is 4.80. The monoisotopic (exact) mass is 283 g/mol. The van der Waals surface area contributed by atoms with Crippen molar-refractivity contribution < 1.29 is 17.2 Å². The summed E-state index contributed by atoms with van der Waals surface area (Å²) in [6.07, 6.45) is 0. The average molecular weight is 284 g/mol. The standard InChI is InChI=1S/C8H10ClNO4S2/c1-10(2)16(13,14)6-3-4-7(9)8(5-6)15(11)12/h3-5H,1-2H3,(H,11,12). The molecule has 5 nitrogen and oxygen atoms in total. The zero-order valence-electron chi connectivity index (χ0n) is 8.55. The Bertz CT molecular complexity index is 527. The topological polar surface area (TPSA) is 74.7 Å². The van der Waals surface area contributed by atoms with Gasteiger partial charge in [-0.25, -0.2) is 16.9 Å². The first-order valence-corrected chi connectivity index (χ1v) is 7.02. The van der Waals surface area contributed by atoms with E-state index in [1.807, 2.05) is 0 Å². The van der Waals surface area contributed by atoms with Crippen LogP contribution < -0.4 is 0 Å². The van der Waals surface area contributed by atoms with Crippen molar-refractivity contribution in [3.63, 3.8) is 0 Å². The summed E-state index contributed by atoms with van der Waals surface area (Å²) in [5.74, 6) is 0. The van der Waals surface area contributed by atoms with Gasteiger partial charge in [-0.15, -0.1) is 0 Å². The van der Waals surface area contributed by atoms with Crippen LogP contribution in [-0.2, 0) is 21.1 Å². The van der Waals surface area contributed by atoms with E-state index in [1.54, 1.807) is 0 Å². The lowest BCUT2D eigenvalue weighted by atomic mass is 10.4. The van der Waals surface area contributed by atoms with Crippen molar-refractivity contribution in [1.29, 1.82) is 0 Å². The van der Waals surface area contributed by atoms with Gasteiger partial charge in [0.2, 0.25) is 10.0 Å². The molecule has 0 heterocycles. The summed E-state index contributed by atoms with van der Waals surface area (Å²) in [5.41, 5.74) is 0. The van der Waals surface area contributed by atoms with E-state index in [2.05, 4.69) is 0 Å². The molecule has 0 aliphatic carbocycles. The van der Waals surface area contributed by atoms with Gasteiger partial charge in [-0.3, -0.25) is 0 Å². The minimum Gasteiger partial charge on any atom is -0.302 e. The zero-order chi connectivity index (χ0) is 12.5. The molecule has 16 heavy (non-hydrogen) atoms. The van der Waals surface area contributed by atoms with Gasteiger partial charge in [0, 0.05) is 14.1 Å². The highest BCUT2D eigenvalue weighted by Gasteiger charge is 2.19. The SMILES string of the molecule is CN(C)S(=O)(=O)c1ccc(Cl)c(S(=O)O)c1. The molecule has 1 aromatic carbocycles. The quantitative estimate of drug-likeness (QED) is 0.845.